The van der Waals surface area contributed by atoms with Crippen LogP contribution in [0.3, 0.4) is 0 Å². The van der Waals surface area contributed by atoms with Gasteiger partial charge in [-0.1, -0.05) is 20.8 Å². The fraction of sp³-hybridized carbons (Fsp3) is 1.00. The van der Waals surface area contributed by atoms with Crippen molar-refractivity contribution in [2.24, 2.45) is 28.6 Å². The Bertz CT molecular complexity index is 362. The summed E-state index contributed by atoms with van der Waals surface area (Å²) in [7, 11) is 0. The SMILES string of the molecule is CC(C)C12CCC3(C)CC1C1(C)OC1CC32. The van der Waals surface area contributed by atoms with Gasteiger partial charge in [-0.3, -0.25) is 0 Å². The molecule has 3 saturated carbocycles. The zero-order valence-electron chi connectivity index (χ0n) is 11.0. The normalized spacial score (nSPS) is 66.2. The lowest BCUT2D eigenvalue weighted by Crippen LogP contribution is -2.46. The van der Waals surface area contributed by atoms with Gasteiger partial charge in [0, 0.05) is 0 Å². The minimum Gasteiger partial charge on any atom is -0.366 e. The zero-order chi connectivity index (χ0) is 11.3. The monoisotopic (exact) mass is 220 g/mol. The molecule has 0 spiro atoms. The fourth-order valence-corrected chi connectivity index (χ4v) is 6.23. The van der Waals surface area contributed by atoms with Crippen molar-refractivity contribution >= 4 is 0 Å². The second kappa shape index (κ2) is 2.39. The second-order valence-electron chi connectivity index (χ2n) is 7.76. The van der Waals surface area contributed by atoms with Crippen LogP contribution in [-0.2, 0) is 4.74 Å². The second-order valence-corrected chi connectivity index (χ2v) is 7.76. The highest BCUT2D eigenvalue weighted by molar-refractivity contribution is 5.26. The van der Waals surface area contributed by atoms with Crippen LogP contribution in [0, 0.1) is 28.6 Å². The van der Waals surface area contributed by atoms with Crippen LogP contribution in [0.4, 0.5) is 0 Å². The molecule has 0 radical (unpaired) electrons. The number of epoxide rings is 1. The first-order valence-corrected chi connectivity index (χ1v) is 7.11. The summed E-state index contributed by atoms with van der Waals surface area (Å²) in [5, 5.41) is 0. The maximum atomic E-state index is 6.07. The van der Waals surface area contributed by atoms with E-state index in [1.54, 1.807) is 0 Å². The lowest BCUT2D eigenvalue weighted by atomic mass is 9.56. The highest BCUT2D eigenvalue weighted by atomic mass is 16.6. The Kier molecular flexibility index (Phi) is 1.48. The van der Waals surface area contributed by atoms with Crippen molar-refractivity contribution < 1.29 is 4.74 Å². The van der Waals surface area contributed by atoms with E-state index in [0.29, 0.717) is 16.9 Å². The van der Waals surface area contributed by atoms with Crippen molar-refractivity contribution in [2.75, 3.05) is 0 Å². The van der Waals surface area contributed by atoms with Gasteiger partial charge in [-0.05, 0) is 61.2 Å². The third kappa shape index (κ3) is 0.776. The fourth-order valence-electron chi connectivity index (χ4n) is 6.23. The molecule has 1 heteroatoms. The number of hydrogen-bond acceptors (Lipinski definition) is 1. The standard InChI is InChI=1S/C15H24O/c1-9(2)15-6-5-13(3)8-11(15)14(4)12(16-14)7-10(13)15/h9-12H,5-8H2,1-4H3. The molecule has 0 N–H and O–H groups in total. The molecule has 4 fully saturated rings. The maximum absolute atomic E-state index is 6.07. The van der Waals surface area contributed by atoms with Crippen molar-refractivity contribution in [3.8, 4) is 0 Å². The minimum absolute atomic E-state index is 0.277. The molecule has 4 bridgehead atoms. The highest BCUT2D eigenvalue weighted by Gasteiger charge is 2.78. The van der Waals surface area contributed by atoms with Crippen LogP contribution in [0.15, 0.2) is 0 Å². The van der Waals surface area contributed by atoms with Gasteiger partial charge in [-0.25, -0.2) is 0 Å². The van der Waals surface area contributed by atoms with Crippen LogP contribution in [0.1, 0.15) is 53.4 Å². The van der Waals surface area contributed by atoms with E-state index in [2.05, 4.69) is 27.7 Å². The van der Waals surface area contributed by atoms with E-state index < -0.39 is 0 Å². The Morgan fingerprint density at radius 1 is 1.12 bits per heavy atom. The van der Waals surface area contributed by atoms with E-state index in [1.807, 2.05) is 0 Å². The van der Waals surface area contributed by atoms with E-state index in [9.17, 15) is 0 Å². The molecular formula is C15H24O. The number of rotatable bonds is 1. The average Bonchev–Trinajstić information content (AvgIpc) is 2.73. The van der Waals surface area contributed by atoms with Crippen LogP contribution >= 0.6 is 0 Å². The van der Waals surface area contributed by atoms with E-state index in [0.717, 1.165) is 17.8 Å². The molecule has 1 heterocycles. The molecule has 1 nitrogen and oxygen atoms in total. The molecule has 6 atom stereocenters. The Balaban J connectivity index is 1.87. The Morgan fingerprint density at radius 2 is 1.88 bits per heavy atom. The van der Waals surface area contributed by atoms with Gasteiger partial charge >= 0.3 is 0 Å². The molecular weight excluding hydrogens is 196 g/mol. The van der Waals surface area contributed by atoms with Crippen molar-refractivity contribution in [1.29, 1.82) is 0 Å². The van der Waals surface area contributed by atoms with Crippen LogP contribution in [-0.4, -0.2) is 11.7 Å². The molecule has 0 amide bonds. The van der Waals surface area contributed by atoms with Gasteiger partial charge in [0.1, 0.15) is 0 Å². The zero-order valence-corrected chi connectivity index (χ0v) is 11.0. The minimum atomic E-state index is 0.277. The summed E-state index contributed by atoms with van der Waals surface area (Å²) in [4.78, 5) is 0. The summed E-state index contributed by atoms with van der Waals surface area (Å²) < 4.78 is 6.07. The third-order valence-electron chi connectivity index (χ3n) is 7.13. The predicted octanol–water partition coefficient (Wildman–Crippen LogP) is 3.63. The maximum Gasteiger partial charge on any atom is 0.0954 e. The van der Waals surface area contributed by atoms with Crippen molar-refractivity contribution in [2.45, 2.75) is 65.1 Å². The molecule has 1 aliphatic heterocycles. The predicted molar refractivity (Wildman–Crippen MR) is 64.1 cm³/mol. The van der Waals surface area contributed by atoms with Crippen LogP contribution in [0.2, 0.25) is 0 Å². The van der Waals surface area contributed by atoms with Gasteiger partial charge in [0.2, 0.25) is 0 Å². The molecule has 6 unspecified atom stereocenters. The van der Waals surface area contributed by atoms with Crippen molar-refractivity contribution in [3.63, 3.8) is 0 Å². The van der Waals surface area contributed by atoms with Gasteiger partial charge < -0.3 is 4.74 Å². The van der Waals surface area contributed by atoms with E-state index in [-0.39, 0.29) is 5.60 Å². The first kappa shape index (κ1) is 9.94. The Labute approximate surface area is 98.9 Å². The van der Waals surface area contributed by atoms with Crippen LogP contribution < -0.4 is 0 Å². The van der Waals surface area contributed by atoms with Gasteiger partial charge in [0.25, 0.3) is 0 Å². The molecule has 0 aromatic rings. The molecule has 0 aromatic carbocycles. The Morgan fingerprint density at radius 3 is 2.56 bits per heavy atom. The topological polar surface area (TPSA) is 12.5 Å². The summed E-state index contributed by atoms with van der Waals surface area (Å²) in [5.74, 6) is 2.67. The largest absolute Gasteiger partial charge is 0.366 e. The molecule has 90 valence electrons. The summed E-state index contributed by atoms with van der Waals surface area (Å²) in [6.45, 7) is 9.88. The summed E-state index contributed by atoms with van der Waals surface area (Å²) in [5.41, 5.74) is 1.57. The molecule has 3 aliphatic carbocycles. The van der Waals surface area contributed by atoms with Crippen LogP contribution in [0.25, 0.3) is 0 Å². The molecule has 16 heavy (non-hydrogen) atoms. The number of fused-ring (bicyclic) bond motifs is 2. The van der Waals surface area contributed by atoms with Gasteiger partial charge in [-0.2, -0.15) is 0 Å². The number of hydrogen-bond donors (Lipinski definition) is 0. The van der Waals surface area contributed by atoms with Gasteiger partial charge in [0.05, 0.1) is 11.7 Å². The first-order valence-electron chi connectivity index (χ1n) is 7.11. The highest BCUT2D eigenvalue weighted by Crippen LogP contribution is 2.79. The summed E-state index contributed by atoms with van der Waals surface area (Å²) in [6, 6.07) is 0. The van der Waals surface area contributed by atoms with E-state index >= 15 is 0 Å². The summed E-state index contributed by atoms with van der Waals surface area (Å²) in [6.07, 6.45) is 6.39. The van der Waals surface area contributed by atoms with Gasteiger partial charge in [-0.15, -0.1) is 0 Å². The third-order valence-corrected chi connectivity index (χ3v) is 7.13. The summed E-state index contributed by atoms with van der Waals surface area (Å²) >= 11 is 0. The van der Waals surface area contributed by atoms with E-state index in [4.69, 9.17) is 4.74 Å². The molecule has 4 rings (SSSR count). The van der Waals surface area contributed by atoms with Crippen LogP contribution in [0.5, 0.6) is 0 Å². The number of ether oxygens (including phenoxy) is 1. The van der Waals surface area contributed by atoms with Gasteiger partial charge in [0.15, 0.2) is 0 Å². The van der Waals surface area contributed by atoms with Crippen molar-refractivity contribution in [3.05, 3.63) is 0 Å². The lowest BCUT2D eigenvalue weighted by molar-refractivity contribution is 0.0177. The Hall–Kier alpha value is -0.0400. The smallest absolute Gasteiger partial charge is 0.0954 e. The molecule has 4 aliphatic rings. The first-order chi connectivity index (χ1) is 7.43. The van der Waals surface area contributed by atoms with Crippen molar-refractivity contribution in [1.82, 2.24) is 0 Å². The van der Waals surface area contributed by atoms with E-state index in [1.165, 1.54) is 25.7 Å². The quantitative estimate of drug-likeness (QED) is 0.615. The average molecular weight is 220 g/mol. The molecule has 0 aromatic heterocycles. The molecule has 1 saturated heterocycles. The lowest BCUT2D eigenvalue weighted by Gasteiger charge is -2.46.